The van der Waals surface area contributed by atoms with Gasteiger partial charge in [0, 0.05) is 26.1 Å². The molecule has 0 unspecified atom stereocenters. The van der Waals surface area contributed by atoms with Gasteiger partial charge in [-0.15, -0.1) is 0 Å². The first kappa shape index (κ1) is 12.7. The van der Waals surface area contributed by atoms with Gasteiger partial charge in [0.1, 0.15) is 11.6 Å². The normalized spacial score (nSPS) is 10.4. The van der Waals surface area contributed by atoms with Crippen molar-refractivity contribution in [1.29, 1.82) is 0 Å². The second kappa shape index (κ2) is 6.30. The lowest BCUT2D eigenvalue weighted by molar-refractivity contribution is 0.698. The van der Waals surface area contributed by atoms with Crippen LogP contribution in [0.25, 0.3) is 0 Å². The van der Waals surface area contributed by atoms with E-state index in [2.05, 4.69) is 16.9 Å². The topological polar surface area (TPSA) is 49.0 Å². The van der Waals surface area contributed by atoms with Crippen molar-refractivity contribution in [3.05, 3.63) is 22.2 Å². The average Bonchev–Trinajstić information content (AvgIpc) is 2.28. The van der Waals surface area contributed by atoms with Gasteiger partial charge in [-0.25, -0.2) is 4.98 Å². The fourth-order valence-electron chi connectivity index (χ4n) is 1.57. The molecule has 0 bridgehead atoms. The maximum absolute atomic E-state index is 11.4. The molecule has 0 spiro atoms. The molecule has 4 heteroatoms. The van der Waals surface area contributed by atoms with Gasteiger partial charge in [-0.2, -0.15) is 0 Å². The number of aromatic amines is 1. The third-order valence-electron chi connectivity index (χ3n) is 2.60. The van der Waals surface area contributed by atoms with Gasteiger partial charge < -0.3 is 9.88 Å². The van der Waals surface area contributed by atoms with Crippen LogP contribution < -0.4 is 10.5 Å². The van der Waals surface area contributed by atoms with E-state index < -0.39 is 0 Å². The maximum Gasteiger partial charge on any atom is 0.252 e. The molecule has 0 atom stereocenters. The average molecular weight is 223 g/mol. The molecule has 0 radical (unpaired) electrons. The highest BCUT2D eigenvalue weighted by Crippen LogP contribution is 2.07. The molecule has 1 rings (SSSR count). The molecule has 0 saturated heterocycles. The summed E-state index contributed by atoms with van der Waals surface area (Å²) in [6.45, 7) is 5.12. The SMILES string of the molecule is CCCCCN(C)c1cc(=O)[nH]c(CC)n1. The third-order valence-corrected chi connectivity index (χ3v) is 2.60. The zero-order valence-corrected chi connectivity index (χ0v) is 10.4. The summed E-state index contributed by atoms with van der Waals surface area (Å²) in [7, 11) is 1.98. The van der Waals surface area contributed by atoms with Crippen LogP contribution in [-0.4, -0.2) is 23.6 Å². The Bertz CT molecular complexity index is 373. The molecule has 1 aromatic rings. The molecule has 1 aromatic heterocycles. The minimum absolute atomic E-state index is 0.0656. The van der Waals surface area contributed by atoms with Crippen molar-refractivity contribution in [3.63, 3.8) is 0 Å². The largest absolute Gasteiger partial charge is 0.359 e. The fraction of sp³-hybridized carbons (Fsp3) is 0.667. The standard InChI is InChI=1S/C12H21N3O/c1-4-6-7-8-15(3)11-9-12(16)14-10(5-2)13-11/h9H,4-8H2,1-3H3,(H,13,14,16). The van der Waals surface area contributed by atoms with E-state index in [4.69, 9.17) is 0 Å². The van der Waals surface area contributed by atoms with E-state index in [1.54, 1.807) is 6.07 Å². The molecule has 0 aromatic carbocycles. The molecule has 4 nitrogen and oxygen atoms in total. The zero-order valence-electron chi connectivity index (χ0n) is 10.4. The summed E-state index contributed by atoms with van der Waals surface area (Å²) in [6, 6.07) is 1.56. The molecular formula is C12H21N3O. The van der Waals surface area contributed by atoms with Crippen LogP contribution in [0.3, 0.4) is 0 Å². The number of rotatable bonds is 6. The molecular weight excluding hydrogens is 202 g/mol. The highest BCUT2D eigenvalue weighted by Gasteiger charge is 2.04. The molecule has 1 N–H and O–H groups in total. The second-order valence-electron chi connectivity index (χ2n) is 4.03. The van der Waals surface area contributed by atoms with Gasteiger partial charge in [0.15, 0.2) is 0 Å². The number of anilines is 1. The van der Waals surface area contributed by atoms with Gasteiger partial charge in [0.05, 0.1) is 0 Å². The Kier molecular flexibility index (Phi) is 5.02. The highest BCUT2D eigenvalue weighted by molar-refractivity contribution is 5.35. The number of nitrogens with zero attached hydrogens (tertiary/aromatic N) is 2. The summed E-state index contributed by atoms with van der Waals surface area (Å²) >= 11 is 0. The highest BCUT2D eigenvalue weighted by atomic mass is 16.1. The number of hydrogen-bond donors (Lipinski definition) is 1. The summed E-state index contributed by atoms with van der Waals surface area (Å²) in [4.78, 5) is 20.6. The van der Waals surface area contributed by atoms with E-state index >= 15 is 0 Å². The Morgan fingerprint density at radius 2 is 2.12 bits per heavy atom. The minimum atomic E-state index is -0.0656. The van der Waals surface area contributed by atoms with E-state index in [0.717, 1.165) is 31.0 Å². The van der Waals surface area contributed by atoms with Crippen molar-refractivity contribution in [3.8, 4) is 0 Å². The van der Waals surface area contributed by atoms with E-state index in [0.29, 0.717) is 0 Å². The Balaban J connectivity index is 2.70. The number of aryl methyl sites for hydroxylation is 1. The first-order valence-electron chi connectivity index (χ1n) is 5.98. The number of H-pyrrole nitrogens is 1. The predicted molar refractivity (Wildman–Crippen MR) is 67.0 cm³/mol. The van der Waals surface area contributed by atoms with Crippen LogP contribution in [0.4, 0.5) is 5.82 Å². The van der Waals surface area contributed by atoms with Gasteiger partial charge >= 0.3 is 0 Å². The summed E-state index contributed by atoms with van der Waals surface area (Å²) in [5.74, 6) is 1.53. The molecule has 90 valence electrons. The van der Waals surface area contributed by atoms with E-state index in [-0.39, 0.29) is 5.56 Å². The number of nitrogens with one attached hydrogen (secondary N) is 1. The molecule has 0 saturated carbocycles. The Morgan fingerprint density at radius 3 is 2.75 bits per heavy atom. The summed E-state index contributed by atoms with van der Waals surface area (Å²) in [6.07, 6.45) is 4.32. The lowest BCUT2D eigenvalue weighted by Gasteiger charge is -2.17. The first-order valence-corrected chi connectivity index (χ1v) is 5.98. The van der Waals surface area contributed by atoms with Crippen molar-refractivity contribution in [2.75, 3.05) is 18.5 Å². The van der Waals surface area contributed by atoms with E-state index in [9.17, 15) is 4.79 Å². The van der Waals surface area contributed by atoms with Crippen LogP contribution in [0, 0.1) is 0 Å². The lowest BCUT2D eigenvalue weighted by atomic mass is 10.2. The van der Waals surface area contributed by atoms with E-state index in [1.807, 2.05) is 18.9 Å². The molecule has 0 fully saturated rings. The van der Waals surface area contributed by atoms with Crippen molar-refractivity contribution < 1.29 is 0 Å². The Hall–Kier alpha value is -1.32. The van der Waals surface area contributed by atoms with Crippen LogP contribution in [0.15, 0.2) is 10.9 Å². The lowest BCUT2D eigenvalue weighted by Crippen LogP contribution is -2.23. The number of unbranched alkanes of at least 4 members (excludes halogenated alkanes) is 2. The van der Waals surface area contributed by atoms with Crippen molar-refractivity contribution >= 4 is 5.82 Å². The molecule has 0 aliphatic rings. The zero-order chi connectivity index (χ0) is 12.0. The van der Waals surface area contributed by atoms with Crippen LogP contribution in [0.1, 0.15) is 38.9 Å². The second-order valence-corrected chi connectivity index (χ2v) is 4.03. The van der Waals surface area contributed by atoms with Crippen molar-refractivity contribution in [1.82, 2.24) is 9.97 Å². The molecule has 0 amide bonds. The minimum Gasteiger partial charge on any atom is -0.359 e. The Labute approximate surface area is 96.7 Å². The first-order chi connectivity index (χ1) is 7.67. The van der Waals surface area contributed by atoms with Crippen LogP contribution in [0.5, 0.6) is 0 Å². The van der Waals surface area contributed by atoms with Crippen LogP contribution >= 0.6 is 0 Å². The number of aromatic nitrogens is 2. The van der Waals surface area contributed by atoms with Crippen molar-refractivity contribution in [2.45, 2.75) is 39.5 Å². The predicted octanol–water partition coefficient (Wildman–Crippen LogP) is 1.96. The van der Waals surface area contributed by atoms with Gasteiger partial charge in [0.2, 0.25) is 0 Å². The smallest absolute Gasteiger partial charge is 0.252 e. The van der Waals surface area contributed by atoms with E-state index in [1.165, 1.54) is 12.8 Å². The van der Waals surface area contributed by atoms with Crippen LogP contribution in [0.2, 0.25) is 0 Å². The molecule has 0 aliphatic heterocycles. The molecule has 0 aliphatic carbocycles. The number of hydrogen-bond acceptors (Lipinski definition) is 3. The quantitative estimate of drug-likeness (QED) is 0.750. The summed E-state index contributed by atoms with van der Waals surface area (Å²) in [5.41, 5.74) is -0.0656. The maximum atomic E-state index is 11.4. The molecule has 1 heterocycles. The Morgan fingerprint density at radius 1 is 1.38 bits per heavy atom. The summed E-state index contributed by atoms with van der Waals surface area (Å²) < 4.78 is 0. The van der Waals surface area contributed by atoms with Gasteiger partial charge in [0.25, 0.3) is 5.56 Å². The summed E-state index contributed by atoms with van der Waals surface area (Å²) in [5, 5.41) is 0. The molecule has 16 heavy (non-hydrogen) atoms. The fourth-order valence-corrected chi connectivity index (χ4v) is 1.57. The van der Waals surface area contributed by atoms with Gasteiger partial charge in [-0.05, 0) is 6.42 Å². The van der Waals surface area contributed by atoms with Gasteiger partial charge in [-0.3, -0.25) is 4.79 Å². The van der Waals surface area contributed by atoms with Crippen LogP contribution in [-0.2, 0) is 6.42 Å². The third kappa shape index (κ3) is 3.68. The van der Waals surface area contributed by atoms with Gasteiger partial charge in [-0.1, -0.05) is 26.7 Å². The monoisotopic (exact) mass is 223 g/mol. The van der Waals surface area contributed by atoms with Crippen molar-refractivity contribution in [2.24, 2.45) is 0 Å².